The van der Waals surface area contributed by atoms with Crippen LogP contribution in [0.4, 0.5) is 5.95 Å². The van der Waals surface area contributed by atoms with Crippen molar-refractivity contribution in [3.63, 3.8) is 0 Å². The van der Waals surface area contributed by atoms with Crippen LogP contribution < -0.4 is 5.32 Å². The van der Waals surface area contributed by atoms with Crippen molar-refractivity contribution in [1.29, 1.82) is 0 Å². The molecular formula is C17H29N3. The Morgan fingerprint density at radius 1 is 1.10 bits per heavy atom. The molecule has 0 aliphatic heterocycles. The van der Waals surface area contributed by atoms with Gasteiger partial charge in [-0.05, 0) is 44.4 Å². The average molecular weight is 275 g/mol. The molecule has 3 heteroatoms. The lowest BCUT2D eigenvalue weighted by molar-refractivity contribution is 0.325. The maximum Gasteiger partial charge on any atom is 0.203 e. The third kappa shape index (κ3) is 3.18. The molecule has 2 saturated carbocycles. The first kappa shape index (κ1) is 14.0. The van der Waals surface area contributed by atoms with Gasteiger partial charge in [-0.2, -0.15) is 0 Å². The topological polar surface area (TPSA) is 29.9 Å². The van der Waals surface area contributed by atoms with Gasteiger partial charge in [-0.25, -0.2) is 4.98 Å². The summed E-state index contributed by atoms with van der Waals surface area (Å²) in [5.74, 6) is 2.09. The molecule has 0 radical (unpaired) electrons. The van der Waals surface area contributed by atoms with Crippen LogP contribution >= 0.6 is 0 Å². The van der Waals surface area contributed by atoms with Gasteiger partial charge in [0.2, 0.25) is 5.95 Å². The zero-order valence-electron chi connectivity index (χ0n) is 12.9. The van der Waals surface area contributed by atoms with Crippen LogP contribution in [0.3, 0.4) is 0 Å². The van der Waals surface area contributed by atoms with E-state index in [1.165, 1.54) is 64.2 Å². The van der Waals surface area contributed by atoms with E-state index in [1.54, 1.807) is 0 Å². The maximum absolute atomic E-state index is 4.58. The first-order valence-corrected chi connectivity index (χ1v) is 8.66. The lowest BCUT2D eigenvalue weighted by Crippen LogP contribution is -2.28. The van der Waals surface area contributed by atoms with Gasteiger partial charge in [0.15, 0.2) is 0 Å². The van der Waals surface area contributed by atoms with Crippen LogP contribution in [0.15, 0.2) is 12.4 Å². The molecule has 0 bridgehead atoms. The molecule has 2 aliphatic carbocycles. The summed E-state index contributed by atoms with van der Waals surface area (Å²) in [6.07, 6.45) is 17.7. The minimum Gasteiger partial charge on any atom is -0.353 e. The molecule has 112 valence electrons. The molecule has 1 N–H and O–H groups in total. The monoisotopic (exact) mass is 275 g/mol. The largest absolute Gasteiger partial charge is 0.353 e. The molecule has 0 unspecified atom stereocenters. The molecule has 1 aromatic heterocycles. The molecular weight excluding hydrogens is 246 g/mol. The van der Waals surface area contributed by atoms with E-state index in [1.807, 2.05) is 6.20 Å². The summed E-state index contributed by atoms with van der Waals surface area (Å²) in [4.78, 5) is 4.58. The molecule has 2 aliphatic rings. The Balaban J connectivity index is 1.59. The molecule has 0 spiro atoms. The predicted octanol–water partition coefficient (Wildman–Crippen LogP) is 4.77. The summed E-state index contributed by atoms with van der Waals surface area (Å²) in [6.45, 7) is 2.33. The van der Waals surface area contributed by atoms with E-state index in [4.69, 9.17) is 0 Å². The van der Waals surface area contributed by atoms with Gasteiger partial charge in [0.1, 0.15) is 0 Å². The number of hydrogen-bond donors (Lipinski definition) is 1. The molecule has 1 aromatic rings. The minimum absolute atomic E-state index is 0.641. The molecule has 20 heavy (non-hydrogen) atoms. The van der Waals surface area contributed by atoms with Crippen LogP contribution in [0.1, 0.15) is 77.2 Å². The number of imidazole rings is 1. The van der Waals surface area contributed by atoms with E-state index in [-0.39, 0.29) is 0 Å². The summed E-state index contributed by atoms with van der Waals surface area (Å²) < 4.78 is 2.41. The van der Waals surface area contributed by atoms with Gasteiger partial charge in [-0.3, -0.25) is 0 Å². The molecule has 0 saturated heterocycles. The fourth-order valence-electron chi connectivity index (χ4n) is 3.98. The van der Waals surface area contributed by atoms with Crippen molar-refractivity contribution >= 4 is 5.95 Å². The van der Waals surface area contributed by atoms with Crippen LogP contribution in [0, 0.1) is 5.92 Å². The quantitative estimate of drug-likeness (QED) is 0.858. The number of rotatable bonds is 4. The molecule has 2 fully saturated rings. The van der Waals surface area contributed by atoms with Crippen molar-refractivity contribution in [2.24, 2.45) is 5.92 Å². The Kier molecular flexibility index (Phi) is 4.64. The molecule has 0 aromatic carbocycles. The van der Waals surface area contributed by atoms with E-state index in [0.29, 0.717) is 12.1 Å². The van der Waals surface area contributed by atoms with Gasteiger partial charge in [-0.1, -0.05) is 32.6 Å². The second kappa shape index (κ2) is 6.64. The summed E-state index contributed by atoms with van der Waals surface area (Å²) in [5.41, 5.74) is 0. The average Bonchev–Trinajstić information content (AvgIpc) is 2.97. The van der Waals surface area contributed by atoms with Gasteiger partial charge < -0.3 is 9.88 Å². The number of nitrogens with zero attached hydrogens (tertiary/aromatic N) is 2. The predicted molar refractivity (Wildman–Crippen MR) is 84.0 cm³/mol. The van der Waals surface area contributed by atoms with Crippen LogP contribution in [0.25, 0.3) is 0 Å². The van der Waals surface area contributed by atoms with Gasteiger partial charge in [-0.15, -0.1) is 0 Å². The fraction of sp³-hybridized carbons (Fsp3) is 0.824. The van der Waals surface area contributed by atoms with E-state index in [2.05, 4.69) is 28.0 Å². The number of aromatic nitrogens is 2. The van der Waals surface area contributed by atoms with Crippen LogP contribution in [0.5, 0.6) is 0 Å². The van der Waals surface area contributed by atoms with Crippen molar-refractivity contribution in [2.75, 3.05) is 5.32 Å². The van der Waals surface area contributed by atoms with Crippen LogP contribution in [-0.4, -0.2) is 15.6 Å². The van der Waals surface area contributed by atoms with Crippen molar-refractivity contribution < 1.29 is 0 Å². The maximum atomic E-state index is 4.58. The van der Waals surface area contributed by atoms with Crippen LogP contribution in [-0.2, 0) is 0 Å². The normalized spacial score (nSPS) is 28.4. The highest BCUT2D eigenvalue weighted by Gasteiger charge is 2.23. The first-order chi connectivity index (χ1) is 9.86. The standard InChI is InChI=1S/C17H29N3/c1-2-14-8-10-15(11-9-14)19-17-18-12-13-20(17)16-6-4-3-5-7-16/h12-16H,2-11H2,1H3,(H,18,19). The molecule has 3 nitrogen and oxygen atoms in total. The lowest BCUT2D eigenvalue weighted by Gasteiger charge is -2.30. The van der Waals surface area contributed by atoms with Gasteiger partial charge in [0.25, 0.3) is 0 Å². The molecule has 0 amide bonds. The highest BCUT2D eigenvalue weighted by atomic mass is 15.2. The van der Waals surface area contributed by atoms with E-state index in [0.717, 1.165) is 11.9 Å². The summed E-state index contributed by atoms with van der Waals surface area (Å²) in [5, 5.41) is 3.72. The lowest BCUT2D eigenvalue weighted by atomic mass is 9.84. The summed E-state index contributed by atoms with van der Waals surface area (Å²) in [7, 11) is 0. The Hall–Kier alpha value is -0.990. The number of anilines is 1. The van der Waals surface area contributed by atoms with Gasteiger partial charge >= 0.3 is 0 Å². The third-order valence-corrected chi connectivity index (χ3v) is 5.39. The molecule has 3 rings (SSSR count). The highest BCUT2D eigenvalue weighted by molar-refractivity contribution is 5.28. The molecule has 0 atom stereocenters. The summed E-state index contributed by atoms with van der Waals surface area (Å²) in [6, 6.07) is 1.32. The van der Waals surface area contributed by atoms with Crippen molar-refractivity contribution in [3.05, 3.63) is 12.4 Å². The Labute approximate surface area is 123 Å². The fourth-order valence-corrected chi connectivity index (χ4v) is 3.98. The zero-order chi connectivity index (χ0) is 13.8. The van der Waals surface area contributed by atoms with Crippen molar-refractivity contribution in [2.45, 2.75) is 83.2 Å². The van der Waals surface area contributed by atoms with Gasteiger partial charge in [0.05, 0.1) is 0 Å². The summed E-state index contributed by atoms with van der Waals surface area (Å²) >= 11 is 0. The smallest absolute Gasteiger partial charge is 0.203 e. The Morgan fingerprint density at radius 3 is 2.55 bits per heavy atom. The van der Waals surface area contributed by atoms with E-state index >= 15 is 0 Å². The Bertz CT molecular complexity index is 398. The van der Waals surface area contributed by atoms with E-state index < -0.39 is 0 Å². The van der Waals surface area contributed by atoms with Crippen LogP contribution in [0.2, 0.25) is 0 Å². The first-order valence-electron chi connectivity index (χ1n) is 8.66. The minimum atomic E-state index is 0.641. The zero-order valence-corrected chi connectivity index (χ0v) is 12.9. The highest BCUT2D eigenvalue weighted by Crippen LogP contribution is 2.32. The van der Waals surface area contributed by atoms with E-state index in [9.17, 15) is 0 Å². The second-order valence-corrected chi connectivity index (χ2v) is 6.72. The van der Waals surface area contributed by atoms with Gasteiger partial charge in [0, 0.05) is 24.5 Å². The van der Waals surface area contributed by atoms with Crippen molar-refractivity contribution in [3.8, 4) is 0 Å². The SMILES string of the molecule is CCC1CCC(Nc2nccn2C2CCCCC2)CC1. The third-order valence-electron chi connectivity index (χ3n) is 5.39. The number of nitrogens with one attached hydrogen (secondary N) is 1. The Morgan fingerprint density at radius 2 is 1.85 bits per heavy atom. The number of hydrogen-bond acceptors (Lipinski definition) is 2. The second-order valence-electron chi connectivity index (χ2n) is 6.72. The molecule has 1 heterocycles. The van der Waals surface area contributed by atoms with Crippen molar-refractivity contribution in [1.82, 2.24) is 9.55 Å².